The van der Waals surface area contributed by atoms with Gasteiger partial charge in [-0.05, 0) is 29.8 Å². The van der Waals surface area contributed by atoms with Gasteiger partial charge in [0.25, 0.3) is 0 Å². The van der Waals surface area contributed by atoms with Gasteiger partial charge in [0.2, 0.25) is 0 Å². The first-order chi connectivity index (χ1) is 6.65. The van der Waals surface area contributed by atoms with Crippen LogP contribution in [0.2, 0.25) is 4.34 Å². The first-order valence-electron chi connectivity index (χ1n) is 3.90. The van der Waals surface area contributed by atoms with Gasteiger partial charge in [-0.3, -0.25) is 0 Å². The minimum atomic E-state index is -0.454. The first-order valence-corrected chi connectivity index (χ1v) is 5.10. The fraction of sp³-hybridized carbons (Fsp3) is 0. The van der Waals surface area contributed by atoms with Crippen molar-refractivity contribution in [2.24, 2.45) is 0 Å². The van der Waals surface area contributed by atoms with Crippen molar-refractivity contribution in [1.29, 1.82) is 0 Å². The molecule has 0 atom stereocenters. The molecule has 1 heterocycles. The molecule has 0 aliphatic heterocycles. The molecule has 0 spiro atoms. The Morgan fingerprint density at radius 1 is 1.21 bits per heavy atom. The van der Waals surface area contributed by atoms with E-state index >= 15 is 0 Å². The van der Waals surface area contributed by atoms with E-state index in [0.717, 1.165) is 10.9 Å². The third-order valence-electron chi connectivity index (χ3n) is 1.74. The smallest absolute Gasteiger partial charge is 0.127 e. The Bertz CT molecular complexity index is 447. The van der Waals surface area contributed by atoms with E-state index in [1.807, 2.05) is 0 Å². The van der Waals surface area contributed by atoms with Gasteiger partial charge in [0.15, 0.2) is 0 Å². The summed E-state index contributed by atoms with van der Waals surface area (Å²) in [6.45, 7) is 0. The molecular weight excluding hydrogens is 223 g/mol. The number of rotatable bonds is 1. The molecule has 0 saturated carbocycles. The summed E-state index contributed by atoms with van der Waals surface area (Å²) in [5, 5.41) is 9.19. The molecule has 0 amide bonds. The molecule has 0 unspecified atom stereocenters. The highest BCUT2D eigenvalue weighted by molar-refractivity contribution is 7.19. The summed E-state index contributed by atoms with van der Waals surface area (Å²) in [4.78, 5) is 0.838. The van der Waals surface area contributed by atoms with Crippen molar-refractivity contribution >= 4 is 22.9 Å². The lowest BCUT2D eigenvalue weighted by Crippen LogP contribution is -1.76. The van der Waals surface area contributed by atoms with Gasteiger partial charge in [-0.25, -0.2) is 4.39 Å². The highest BCUT2D eigenvalue weighted by atomic mass is 35.5. The molecule has 1 aromatic carbocycles. The van der Waals surface area contributed by atoms with Crippen LogP contribution in [0.3, 0.4) is 0 Å². The van der Waals surface area contributed by atoms with Crippen molar-refractivity contribution in [3.05, 3.63) is 40.5 Å². The van der Waals surface area contributed by atoms with Crippen molar-refractivity contribution in [3.8, 4) is 16.2 Å². The van der Waals surface area contributed by atoms with E-state index in [0.29, 0.717) is 9.90 Å². The van der Waals surface area contributed by atoms with Crippen molar-refractivity contribution in [1.82, 2.24) is 0 Å². The lowest BCUT2D eigenvalue weighted by Gasteiger charge is -1.98. The van der Waals surface area contributed by atoms with Crippen molar-refractivity contribution in [2.75, 3.05) is 0 Å². The van der Waals surface area contributed by atoms with E-state index in [1.165, 1.54) is 23.5 Å². The number of thiophene rings is 1. The maximum Gasteiger partial charge on any atom is 0.127 e. The highest BCUT2D eigenvalue weighted by Gasteiger charge is 2.04. The molecule has 0 aliphatic carbocycles. The predicted molar refractivity (Wildman–Crippen MR) is 56.4 cm³/mol. The summed E-state index contributed by atoms with van der Waals surface area (Å²) in [6.07, 6.45) is 0. The van der Waals surface area contributed by atoms with Crippen LogP contribution in [0.5, 0.6) is 5.75 Å². The molecule has 0 bridgehead atoms. The predicted octanol–water partition coefficient (Wildman–Crippen LogP) is 3.91. The second kappa shape index (κ2) is 3.59. The van der Waals surface area contributed by atoms with Crippen LogP contribution in [0.1, 0.15) is 0 Å². The van der Waals surface area contributed by atoms with Crippen LogP contribution in [0, 0.1) is 5.82 Å². The van der Waals surface area contributed by atoms with Crippen molar-refractivity contribution < 1.29 is 9.50 Å². The molecule has 0 fully saturated rings. The molecule has 1 N–H and O–H groups in total. The van der Waals surface area contributed by atoms with E-state index in [9.17, 15) is 9.50 Å². The third kappa shape index (κ3) is 1.89. The number of phenols is 1. The maximum absolute atomic E-state index is 12.9. The van der Waals surface area contributed by atoms with Crippen LogP contribution in [0.4, 0.5) is 4.39 Å². The lowest BCUT2D eigenvalue weighted by molar-refractivity contribution is 0.469. The van der Waals surface area contributed by atoms with Crippen LogP contribution in [0.25, 0.3) is 10.4 Å². The largest absolute Gasteiger partial charge is 0.508 e. The van der Waals surface area contributed by atoms with Gasteiger partial charge >= 0.3 is 0 Å². The van der Waals surface area contributed by atoms with Gasteiger partial charge in [-0.1, -0.05) is 11.6 Å². The number of hydrogen-bond donors (Lipinski definition) is 1. The Labute approximate surface area is 89.4 Å². The fourth-order valence-electron chi connectivity index (χ4n) is 1.19. The summed E-state index contributed by atoms with van der Waals surface area (Å²) < 4.78 is 13.6. The maximum atomic E-state index is 12.9. The number of phenolic OH excluding ortho intramolecular Hbond substituents is 1. The average molecular weight is 229 g/mol. The molecule has 2 aromatic rings. The van der Waals surface area contributed by atoms with Crippen LogP contribution < -0.4 is 0 Å². The average Bonchev–Trinajstić information content (AvgIpc) is 2.50. The van der Waals surface area contributed by atoms with Gasteiger partial charge in [-0.15, -0.1) is 11.3 Å². The molecule has 0 aliphatic rings. The Morgan fingerprint density at radius 3 is 2.57 bits per heavy atom. The van der Waals surface area contributed by atoms with Gasteiger partial charge in [0.05, 0.1) is 4.34 Å². The Kier molecular flexibility index (Phi) is 2.44. The van der Waals surface area contributed by atoms with E-state index < -0.39 is 5.82 Å². The summed E-state index contributed by atoms with van der Waals surface area (Å²) in [5.74, 6) is -0.533. The number of halogens is 2. The number of benzene rings is 1. The molecule has 0 saturated heterocycles. The standard InChI is InChI=1S/C10H6ClFOS/c11-10-2-1-9(14-10)6-3-7(12)5-8(13)4-6/h1-5,13H. The monoisotopic (exact) mass is 228 g/mol. The summed E-state index contributed by atoms with van der Waals surface area (Å²) in [6, 6.07) is 7.47. The Balaban J connectivity index is 2.51. The minimum Gasteiger partial charge on any atom is -0.508 e. The van der Waals surface area contributed by atoms with Crippen LogP contribution in [-0.4, -0.2) is 5.11 Å². The normalized spacial score (nSPS) is 10.4. The lowest BCUT2D eigenvalue weighted by atomic mass is 10.2. The second-order valence-electron chi connectivity index (χ2n) is 2.80. The molecule has 1 aromatic heterocycles. The van der Waals surface area contributed by atoms with Crippen LogP contribution in [-0.2, 0) is 0 Å². The van der Waals surface area contributed by atoms with Crippen LogP contribution >= 0.6 is 22.9 Å². The molecule has 4 heteroatoms. The zero-order chi connectivity index (χ0) is 10.1. The minimum absolute atomic E-state index is 0.0791. The van der Waals surface area contributed by atoms with Crippen LogP contribution in [0.15, 0.2) is 30.3 Å². The van der Waals surface area contributed by atoms with Gasteiger partial charge in [0.1, 0.15) is 11.6 Å². The van der Waals surface area contributed by atoms with Gasteiger partial charge in [0, 0.05) is 10.9 Å². The molecule has 1 nitrogen and oxygen atoms in total. The Morgan fingerprint density at radius 2 is 2.00 bits per heavy atom. The van der Waals surface area contributed by atoms with Crippen molar-refractivity contribution in [3.63, 3.8) is 0 Å². The Hall–Kier alpha value is -1.06. The summed E-state index contributed by atoms with van der Waals surface area (Å²) >= 11 is 7.10. The number of aromatic hydroxyl groups is 1. The van der Waals surface area contributed by atoms with Crippen molar-refractivity contribution in [2.45, 2.75) is 0 Å². The third-order valence-corrected chi connectivity index (χ3v) is 3.02. The van der Waals surface area contributed by atoms with E-state index in [4.69, 9.17) is 11.6 Å². The highest BCUT2D eigenvalue weighted by Crippen LogP contribution is 2.32. The second-order valence-corrected chi connectivity index (χ2v) is 4.52. The fourth-order valence-corrected chi connectivity index (χ4v) is 2.22. The molecule has 72 valence electrons. The zero-order valence-corrected chi connectivity index (χ0v) is 8.57. The molecular formula is C10H6ClFOS. The first kappa shape index (κ1) is 9.49. The summed E-state index contributed by atoms with van der Waals surface area (Å²) in [5.41, 5.74) is 0.638. The molecule has 14 heavy (non-hydrogen) atoms. The van der Waals surface area contributed by atoms with Gasteiger partial charge < -0.3 is 5.11 Å². The summed E-state index contributed by atoms with van der Waals surface area (Å²) in [7, 11) is 0. The van der Waals surface area contributed by atoms with E-state index in [-0.39, 0.29) is 5.75 Å². The quantitative estimate of drug-likeness (QED) is 0.785. The van der Waals surface area contributed by atoms with E-state index in [1.54, 1.807) is 12.1 Å². The number of hydrogen-bond acceptors (Lipinski definition) is 2. The molecule has 2 rings (SSSR count). The van der Waals surface area contributed by atoms with Gasteiger partial charge in [-0.2, -0.15) is 0 Å². The molecule has 0 radical (unpaired) electrons. The zero-order valence-electron chi connectivity index (χ0n) is 7.00. The topological polar surface area (TPSA) is 20.2 Å². The SMILES string of the molecule is Oc1cc(F)cc(-c2ccc(Cl)s2)c1. The van der Waals surface area contributed by atoms with E-state index in [2.05, 4.69) is 0 Å².